The number of carbonyl (C=O) groups is 1. The number of nitrogens with one attached hydrogen (secondary N) is 1. The predicted molar refractivity (Wildman–Crippen MR) is 75.1 cm³/mol. The summed E-state index contributed by atoms with van der Waals surface area (Å²) >= 11 is 9.20. The minimum atomic E-state index is -0.202. The van der Waals surface area contributed by atoms with E-state index in [2.05, 4.69) is 26.3 Å². The molecule has 2 aromatic rings. The van der Waals surface area contributed by atoms with Gasteiger partial charge in [-0.3, -0.25) is 9.48 Å². The van der Waals surface area contributed by atoms with Gasteiger partial charge >= 0.3 is 0 Å². The lowest BCUT2D eigenvalue weighted by atomic mass is 10.3. The van der Waals surface area contributed by atoms with Crippen LogP contribution in [-0.2, 0) is 7.05 Å². The van der Waals surface area contributed by atoms with E-state index in [1.54, 1.807) is 36.0 Å². The number of anilines is 1. The maximum Gasteiger partial charge on any atom is 0.273 e. The van der Waals surface area contributed by atoms with Crippen molar-refractivity contribution in [3.63, 3.8) is 0 Å². The summed E-state index contributed by atoms with van der Waals surface area (Å²) in [4.78, 5) is 12.0. The van der Waals surface area contributed by atoms with Crippen molar-refractivity contribution in [2.24, 2.45) is 7.05 Å². The third kappa shape index (κ3) is 2.73. The van der Waals surface area contributed by atoms with Gasteiger partial charge in [0, 0.05) is 17.2 Å². The van der Waals surface area contributed by atoms with Crippen molar-refractivity contribution >= 4 is 39.1 Å². The van der Waals surface area contributed by atoms with Gasteiger partial charge in [-0.25, -0.2) is 0 Å². The standard InChI is InChI=1S/C12H11BrClN3O/c1-7-5-11(17(2)16-7)12(18)15-8-3-4-10(14)9(13)6-8/h3-6H,1-2H3,(H,15,18). The van der Waals surface area contributed by atoms with Crippen molar-refractivity contribution < 1.29 is 4.79 Å². The molecule has 0 bridgehead atoms. The quantitative estimate of drug-likeness (QED) is 0.918. The molecule has 6 heteroatoms. The number of hydrogen-bond donors (Lipinski definition) is 1. The van der Waals surface area contributed by atoms with E-state index < -0.39 is 0 Å². The van der Waals surface area contributed by atoms with Crippen LogP contribution in [0.4, 0.5) is 5.69 Å². The zero-order valence-corrected chi connectivity index (χ0v) is 12.2. The summed E-state index contributed by atoms with van der Waals surface area (Å²) < 4.78 is 2.29. The summed E-state index contributed by atoms with van der Waals surface area (Å²) in [7, 11) is 1.74. The van der Waals surface area contributed by atoms with Crippen molar-refractivity contribution in [1.29, 1.82) is 0 Å². The highest BCUT2D eigenvalue weighted by atomic mass is 79.9. The van der Waals surface area contributed by atoms with Gasteiger partial charge in [0.1, 0.15) is 5.69 Å². The lowest BCUT2D eigenvalue weighted by Gasteiger charge is -2.06. The van der Waals surface area contributed by atoms with Crippen molar-refractivity contribution in [2.45, 2.75) is 6.92 Å². The van der Waals surface area contributed by atoms with E-state index in [9.17, 15) is 4.79 Å². The van der Waals surface area contributed by atoms with Crippen molar-refractivity contribution in [1.82, 2.24) is 9.78 Å². The van der Waals surface area contributed by atoms with Gasteiger partial charge in [-0.2, -0.15) is 5.10 Å². The van der Waals surface area contributed by atoms with Crippen LogP contribution in [0.5, 0.6) is 0 Å². The number of rotatable bonds is 2. The summed E-state index contributed by atoms with van der Waals surface area (Å²) in [6.07, 6.45) is 0. The lowest BCUT2D eigenvalue weighted by molar-refractivity contribution is 0.101. The van der Waals surface area contributed by atoms with Crippen LogP contribution in [0.1, 0.15) is 16.2 Å². The summed E-state index contributed by atoms with van der Waals surface area (Å²) in [5.74, 6) is -0.202. The number of amides is 1. The first kappa shape index (κ1) is 13.1. The van der Waals surface area contributed by atoms with E-state index in [1.807, 2.05) is 6.92 Å². The third-order valence-corrected chi connectivity index (χ3v) is 3.63. The molecule has 4 nitrogen and oxygen atoms in total. The van der Waals surface area contributed by atoms with Crippen LogP contribution in [0.3, 0.4) is 0 Å². The minimum Gasteiger partial charge on any atom is -0.321 e. The number of hydrogen-bond acceptors (Lipinski definition) is 2. The predicted octanol–water partition coefficient (Wildman–Crippen LogP) is 3.40. The minimum absolute atomic E-state index is 0.202. The second kappa shape index (κ2) is 5.12. The second-order valence-electron chi connectivity index (χ2n) is 3.88. The lowest BCUT2D eigenvalue weighted by Crippen LogP contribution is -2.16. The molecular formula is C12H11BrClN3O. The number of carbonyl (C=O) groups excluding carboxylic acids is 1. The van der Waals surface area contributed by atoms with Gasteiger partial charge in [0.05, 0.1) is 10.7 Å². The molecule has 1 N–H and O–H groups in total. The highest BCUT2D eigenvalue weighted by Gasteiger charge is 2.12. The molecule has 0 saturated carbocycles. The third-order valence-electron chi connectivity index (χ3n) is 2.41. The molecule has 0 atom stereocenters. The Hall–Kier alpha value is -1.33. The Morgan fingerprint density at radius 3 is 2.72 bits per heavy atom. The van der Waals surface area contributed by atoms with Crippen LogP contribution in [0, 0.1) is 6.92 Å². The van der Waals surface area contributed by atoms with E-state index in [1.165, 1.54) is 0 Å². The molecule has 1 amide bonds. The summed E-state index contributed by atoms with van der Waals surface area (Å²) in [6, 6.07) is 6.95. The van der Waals surface area contributed by atoms with Crippen LogP contribution in [0.25, 0.3) is 0 Å². The molecule has 18 heavy (non-hydrogen) atoms. The highest BCUT2D eigenvalue weighted by Crippen LogP contribution is 2.25. The van der Waals surface area contributed by atoms with Gasteiger partial charge in [-0.15, -0.1) is 0 Å². The Morgan fingerprint density at radius 1 is 1.44 bits per heavy atom. The average molecular weight is 329 g/mol. The van der Waals surface area contributed by atoms with Crippen LogP contribution >= 0.6 is 27.5 Å². The van der Waals surface area contributed by atoms with E-state index in [0.29, 0.717) is 16.4 Å². The number of aryl methyl sites for hydroxylation is 2. The molecule has 0 radical (unpaired) electrons. The van der Waals surface area contributed by atoms with Gasteiger partial charge in [-0.05, 0) is 47.1 Å². The molecule has 0 aliphatic heterocycles. The topological polar surface area (TPSA) is 46.9 Å². The normalized spacial score (nSPS) is 10.4. The molecule has 1 aromatic carbocycles. The maximum absolute atomic E-state index is 12.0. The number of nitrogens with zero attached hydrogens (tertiary/aromatic N) is 2. The van der Waals surface area contributed by atoms with Crippen LogP contribution in [0.15, 0.2) is 28.7 Å². The molecule has 0 aliphatic carbocycles. The first-order valence-corrected chi connectivity index (χ1v) is 6.41. The van der Waals surface area contributed by atoms with Crippen LogP contribution in [-0.4, -0.2) is 15.7 Å². The Morgan fingerprint density at radius 2 is 2.17 bits per heavy atom. The molecule has 0 aliphatic rings. The fourth-order valence-corrected chi connectivity index (χ4v) is 2.09. The largest absolute Gasteiger partial charge is 0.321 e. The van der Waals surface area contributed by atoms with Gasteiger partial charge in [0.15, 0.2) is 0 Å². The fourth-order valence-electron chi connectivity index (χ4n) is 1.59. The van der Waals surface area contributed by atoms with E-state index >= 15 is 0 Å². The number of benzene rings is 1. The van der Waals surface area contributed by atoms with E-state index in [4.69, 9.17) is 11.6 Å². The van der Waals surface area contributed by atoms with Gasteiger partial charge in [0.2, 0.25) is 0 Å². The van der Waals surface area contributed by atoms with Crippen molar-refractivity contribution in [3.05, 3.63) is 45.1 Å². The molecule has 2 rings (SSSR count). The SMILES string of the molecule is Cc1cc(C(=O)Nc2ccc(Cl)c(Br)c2)n(C)n1. The number of halogens is 2. The Labute approximate surface area is 118 Å². The summed E-state index contributed by atoms with van der Waals surface area (Å²) in [5, 5.41) is 7.52. The van der Waals surface area contributed by atoms with Crippen molar-refractivity contribution in [2.75, 3.05) is 5.32 Å². The molecule has 0 saturated heterocycles. The second-order valence-corrected chi connectivity index (χ2v) is 5.14. The highest BCUT2D eigenvalue weighted by molar-refractivity contribution is 9.10. The van der Waals surface area contributed by atoms with E-state index in [0.717, 1.165) is 10.2 Å². The monoisotopic (exact) mass is 327 g/mol. The molecule has 0 spiro atoms. The van der Waals surface area contributed by atoms with Crippen LogP contribution in [0.2, 0.25) is 5.02 Å². The molecule has 0 fully saturated rings. The Bertz CT molecular complexity index is 609. The zero-order valence-electron chi connectivity index (χ0n) is 9.87. The van der Waals surface area contributed by atoms with Gasteiger partial charge in [-0.1, -0.05) is 11.6 Å². The van der Waals surface area contributed by atoms with E-state index in [-0.39, 0.29) is 5.91 Å². The Kier molecular flexibility index (Phi) is 3.73. The smallest absolute Gasteiger partial charge is 0.273 e. The maximum atomic E-state index is 12.0. The molecule has 94 valence electrons. The molecule has 1 aromatic heterocycles. The summed E-state index contributed by atoms with van der Waals surface area (Å²) in [6.45, 7) is 1.84. The molecule has 1 heterocycles. The first-order valence-electron chi connectivity index (χ1n) is 5.24. The van der Waals surface area contributed by atoms with Crippen LogP contribution < -0.4 is 5.32 Å². The van der Waals surface area contributed by atoms with Gasteiger partial charge < -0.3 is 5.32 Å². The first-order chi connectivity index (χ1) is 8.47. The number of aromatic nitrogens is 2. The van der Waals surface area contributed by atoms with Gasteiger partial charge in [0.25, 0.3) is 5.91 Å². The molecular weight excluding hydrogens is 318 g/mol. The Balaban J connectivity index is 2.21. The fraction of sp³-hybridized carbons (Fsp3) is 0.167. The average Bonchev–Trinajstić information content (AvgIpc) is 2.63. The van der Waals surface area contributed by atoms with Crippen molar-refractivity contribution in [3.8, 4) is 0 Å². The summed E-state index contributed by atoms with van der Waals surface area (Å²) in [5.41, 5.74) is 1.99. The zero-order chi connectivity index (χ0) is 13.3. The molecule has 0 unspecified atom stereocenters.